The maximum absolute atomic E-state index is 11.9. The fourth-order valence-electron chi connectivity index (χ4n) is 1.98. The molecule has 1 saturated heterocycles. The van der Waals surface area contributed by atoms with Crippen molar-refractivity contribution in [1.29, 1.82) is 0 Å². The molecule has 0 aromatic rings. The quantitative estimate of drug-likeness (QED) is 0.690. The Bertz CT molecular complexity index is 339. The molecule has 5 nitrogen and oxygen atoms in total. The third-order valence-corrected chi connectivity index (χ3v) is 4.82. The van der Waals surface area contributed by atoms with Gasteiger partial charge in [-0.05, 0) is 25.7 Å². The molecule has 1 unspecified atom stereocenters. The van der Waals surface area contributed by atoms with Crippen LogP contribution in [-0.2, 0) is 19.6 Å². The first-order valence-electron chi connectivity index (χ1n) is 5.60. The van der Waals surface area contributed by atoms with E-state index >= 15 is 0 Å². The van der Waals surface area contributed by atoms with Crippen molar-refractivity contribution < 1.29 is 17.9 Å². The van der Waals surface area contributed by atoms with Crippen LogP contribution in [0.5, 0.6) is 0 Å². The first-order valence-corrected chi connectivity index (χ1v) is 7.21. The predicted octanol–water partition coefficient (Wildman–Crippen LogP) is 0.754. The van der Waals surface area contributed by atoms with Crippen LogP contribution in [-0.4, -0.2) is 44.1 Å². The van der Waals surface area contributed by atoms with E-state index in [4.69, 9.17) is 0 Å². The Balaban J connectivity index is 2.86. The third-order valence-electron chi connectivity index (χ3n) is 2.75. The Kier molecular flexibility index (Phi) is 4.73. The minimum atomic E-state index is -3.31. The average molecular weight is 249 g/mol. The highest BCUT2D eigenvalue weighted by Crippen LogP contribution is 2.22. The second-order valence-electron chi connectivity index (χ2n) is 3.96. The first-order chi connectivity index (χ1) is 7.53. The zero-order valence-corrected chi connectivity index (χ0v) is 10.6. The smallest absolute Gasteiger partial charge is 0.324 e. The first kappa shape index (κ1) is 13.4. The van der Waals surface area contributed by atoms with Crippen LogP contribution in [0.3, 0.4) is 0 Å². The van der Waals surface area contributed by atoms with Gasteiger partial charge in [-0.3, -0.25) is 4.79 Å². The third kappa shape index (κ3) is 2.95. The van der Waals surface area contributed by atoms with Gasteiger partial charge >= 0.3 is 5.97 Å². The minimum Gasteiger partial charge on any atom is -0.468 e. The zero-order chi connectivity index (χ0) is 12.2. The lowest BCUT2D eigenvalue weighted by Crippen LogP contribution is -2.49. The van der Waals surface area contributed by atoms with Crippen LogP contribution in [0.1, 0.15) is 32.6 Å². The van der Waals surface area contributed by atoms with E-state index < -0.39 is 22.0 Å². The number of carbonyl (C=O) groups is 1. The summed E-state index contributed by atoms with van der Waals surface area (Å²) in [5, 5.41) is 0. The average Bonchev–Trinajstić information content (AvgIpc) is 2.28. The van der Waals surface area contributed by atoms with E-state index in [0.29, 0.717) is 19.4 Å². The molecule has 1 rings (SSSR count). The van der Waals surface area contributed by atoms with Gasteiger partial charge in [-0.2, -0.15) is 4.31 Å². The van der Waals surface area contributed by atoms with E-state index in [0.717, 1.165) is 12.8 Å². The number of piperidine rings is 1. The molecule has 0 aromatic carbocycles. The fraction of sp³-hybridized carbons (Fsp3) is 0.900. The second-order valence-corrected chi connectivity index (χ2v) is 6.00. The van der Waals surface area contributed by atoms with Crippen molar-refractivity contribution in [3.63, 3.8) is 0 Å². The largest absolute Gasteiger partial charge is 0.468 e. The van der Waals surface area contributed by atoms with E-state index in [-0.39, 0.29) is 5.75 Å². The fourth-order valence-corrected chi connectivity index (χ4v) is 3.72. The lowest BCUT2D eigenvalue weighted by molar-refractivity contribution is -0.146. The summed E-state index contributed by atoms with van der Waals surface area (Å²) in [6.07, 6.45) is 2.82. The molecule has 1 aliphatic heterocycles. The van der Waals surface area contributed by atoms with Gasteiger partial charge in [0.1, 0.15) is 6.04 Å². The van der Waals surface area contributed by atoms with Crippen LogP contribution < -0.4 is 0 Å². The summed E-state index contributed by atoms with van der Waals surface area (Å²) >= 11 is 0. The van der Waals surface area contributed by atoms with Crippen molar-refractivity contribution in [2.24, 2.45) is 0 Å². The number of hydrogen-bond donors (Lipinski definition) is 0. The molecule has 1 heterocycles. The van der Waals surface area contributed by atoms with E-state index in [9.17, 15) is 13.2 Å². The topological polar surface area (TPSA) is 63.7 Å². The molecule has 0 bridgehead atoms. The molecule has 1 atom stereocenters. The lowest BCUT2D eigenvalue weighted by atomic mass is 10.1. The summed E-state index contributed by atoms with van der Waals surface area (Å²) in [6, 6.07) is -0.615. The maximum Gasteiger partial charge on any atom is 0.324 e. The lowest BCUT2D eigenvalue weighted by Gasteiger charge is -2.32. The molecule has 0 aliphatic carbocycles. The number of sulfonamides is 1. The van der Waals surface area contributed by atoms with Crippen LogP contribution >= 0.6 is 0 Å². The SMILES string of the molecule is CCCS(=O)(=O)N1CCCCC1C(=O)OC. The molecule has 0 radical (unpaired) electrons. The monoisotopic (exact) mass is 249 g/mol. The van der Waals surface area contributed by atoms with Crippen molar-refractivity contribution in [2.45, 2.75) is 38.6 Å². The highest BCUT2D eigenvalue weighted by molar-refractivity contribution is 7.89. The van der Waals surface area contributed by atoms with Crippen molar-refractivity contribution in [3.8, 4) is 0 Å². The second kappa shape index (κ2) is 5.63. The summed E-state index contributed by atoms with van der Waals surface area (Å²) in [6.45, 7) is 2.25. The number of nitrogens with zero attached hydrogens (tertiary/aromatic N) is 1. The summed E-state index contributed by atoms with van der Waals surface area (Å²) in [7, 11) is -2.01. The van der Waals surface area contributed by atoms with Crippen molar-refractivity contribution >= 4 is 16.0 Å². The highest BCUT2D eigenvalue weighted by atomic mass is 32.2. The summed E-state index contributed by atoms with van der Waals surface area (Å²) < 4.78 is 29.8. The summed E-state index contributed by atoms with van der Waals surface area (Å²) in [5.74, 6) is -0.347. The Morgan fingerprint density at radius 1 is 1.44 bits per heavy atom. The molecule has 0 N–H and O–H groups in total. The van der Waals surface area contributed by atoms with Crippen LogP contribution in [0.4, 0.5) is 0 Å². The van der Waals surface area contributed by atoms with Gasteiger partial charge in [0.25, 0.3) is 0 Å². The molecule has 1 aliphatic rings. The number of ether oxygens (including phenoxy) is 1. The molecule has 16 heavy (non-hydrogen) atoms. The van der Waals surface area contributed by atoms with E-state index in [1.54, 1.807) is 0 Å². The summed E-state index contributed by atoms with van der Waals surface area (Å²) in [4.78, 5) is 11.5. The molecule has 0 spiro atoms. The van der Waals surface area contributed by atoms with Gasteiger partial charge in [0.15, 0.2) is 0 Å². The molecular weight excluding hydrogens is 230 g/mol. The van der Waals surface area contributed by atoms with Gasteiger partial charge in [0.05, 0.1) is 12.9 Å². The molecule has 0 aromatic heterocycles. The maximum atomic E-state index is 11.9. The Morgan fingerprint density at radius 3 is 2.69 bits per heavy atom. The van der Waals surface area contributed by atoms with Gasteiger partial charge < -0.3 is 4.74 Å². The van der Waals surface area contributed by atoms with Crippen molar-refractivity contribution in [1.82, 2.24) is 4.31 Å². The van der Waals surface area contributed by atoms with Crippen molar-refractivity contribution in [3.05, 3.63) is 0 Å². The normalized spacial score (nSPS) is 23.0. The standard InChI is InChI=1S/C10H19NO4S/c1-3-8-16(13,14)11-7-5-4-6-9(11)10(12)15-2/h9H,3-8H2,1-2H3. The Morgan fingerprint density at radius 2 is 2.12 bits per heavy atom. The Hall–Kier alpha value is -0.620. The van der Waals surface area contributed by atoms with E-state index in [2.05, 4.69) is 4.74 Å². The molecule has 1 fully saturated rings. The number of rotatable bonds is 4. The van der Waals surface area contributed by atoms with Gasteiger partial charge in [-0.15, -0.1) is 0 Å². The molecule has 0 saturated carbocycles. The molecule has 94 valence electrons. The number of esters is 1. The summed E-state index contributed by atoms with van der Waals surface area (Å²) in [5.41, 5.74) is 0. The van der Waals surface area contributed by atoms with Gasteiger partial charge in [0, 0.05) is 6.54 Å². The van der Waals surface area contributed by atoms with E-state index in [1.165, 1.54) is 11.4 Å². The molecular formula is C10H19NO4S. The van der Waals surface area contributed by atoms with Crippen molar-refractivity contribution in [2.75, 3.05) is 19.4 Å². The molecule has 6 heteroatoms. The van der Waals surface area contributed by atoms with E-state index in [1.807, 2.05) is 6.92 Å². The molecule has 0 amide bonds. The zero-order valence-electron chi connectivity index (χ0n) is 9.81. The van der Waals surface area contributed by atoms with Crippen LogP contribution in [0.15, 0.2) is 0 Å². The minimum absolute atomic E-state index is 0.0977. The predicted molar refractivity (Wildman–Crippen MR) is 60.4 cm³/mol. The van der Waals surface area contributed by atoms with Gasteiger partial charge in [0.2, 0.25) is 10.0 Å². The van der Waals surface area contributed by atoms with Crippen LogP contribution in [0.25, 0.3) is 0 Å². The van der Waals surface area contributed by atoms with Crippen LogP contribution in [0.2, 0.25) is 0 Å². The highest BCUT2D eigenvalue weighted by Gasteiger charge is 2.36. The number of methoxy groups -OCH3 is 1. The van der Waals surface area contributed by atoms with Gasteiger partial charge in [-0.1, -0.05) is 6.92 Å². The van der Waals surface area contributed by atoms with Crippen LogP contribution in [0, 0.1) is 0 Å². The number of carbonyl (C=O) groups excluding carboxylic acids is 1. The van der Waals surface area contributed by atoms with Gasteiger partial charge in [-0.25, -0.2) is 8.42 Å². The number of hydrogen-bond acceptors (Lipinski definition) is 4. The Labute approximate surface area is 96.8 Å².